The fourth-order valence-corrected chi connectivity index (χ4v) is 3.90. The molecular formula is C19H36N2O2. The highest BCUT2D eigenvalue weighted by molar-refractivity contribution is 5.69. The number of carbonyl (C=O) groups excluding carboxylic acids is 1. The molecule has 2 bridgehead atoms. The van der Waals surface area contributed by atoms with Crippen LogP contribution in [-0.4, -0.2) is 42.8 Å². The van der Waals surface area contributed by atoms with Crippen molar-refractivity contribution in [3.63, 3.8) is 0 Å². The highest BCUT2D eigenvalue weighted by Crippen LogP contribution is 2.27. The molecule has 2 rings (SSSR count). The Balaban J connectivity index is 1.41. The van der Waals surface area contributed by atoms with Crippen LogP contribution in [0.15, 0.2) is 0 Å². The van der Waals surface area contributed by atoms with E-state index in [0.717, 1.165) is 32.4 Å². The molecule has 134 valence electrons. The number of carbonyl (C=O) groups is 1. The monoisotopic (exact) mass is 324 g/mol. The Kier molecular flexibility index (Phi) is 8.80. The van der Waals surface area contributed by atoms with E-state index in [2.05, 4.69) is 12.2 Å². The summed E-state index contributed by atoms with van der Waals surface area (Å²) in [6.07, 6.45) is 15.3. The molecule has 2 aliphatic rings. The van der Waals surface area contributed by atoms with Crippen molar-refractivity contribution in [1.82, 2.24) is 10.2 Å². The van der Waals surface area contributed by atoms with Crippen LogP contribution in [0, 0.1) is 0 Å². The molecular weight excluding hydrogens is 288 g/mol. The predicted molar refractivity (Wildman–Crippen MR) is 94.7 cm³/mol. The number of piperazine rings is 1. The van der Waals surface area contributed by atoms with Crippen molar-refractivity contribution in [3.8, 4) is 0 Å². The Labute approximate surface area is 142 Å². The largest absolute Gasteiger partial charge is 0.449 e. The topological polar surface area (TPSA) is 41.6 Å². The van der Waals surface area contributed by atoms with Gasteiger partial charge in [0.25, 0.3) is 0 Å². The summed E-state index contributed by atoms with van der Waals surface area (Å²) in [6, 6.07) is 0.739. The van der Waals surface area contributed by atoms with Crippen molar-refractivity contribution in [1.29, 1.82) is 0 Å². The third kappa shape index (κ3) is 6.33. The van der Waals surface area contributed by atoms with Gasteiger partial charge >= 0.3 is 6.09 Å². The summed E-state index contributed by atoms with van der Waals surface area (Å²) in [5, 5.41) is 3.39. The van der Waals surface area contributed by atoms with Gasteiger partial charge in [-0.1, -0.05) is 64.7 Å². The van der Waals surface area contributed by atoms with Gasteiger partial charge in [-0.15, -0.1) is 0 Å². The number of rotatable bonds is 11. The van der Waals surface area contributed by atoms with Gasteiger partial charge in [-0.05, 0) is 19.3 Å². The van der Waals surface area contributed by atoms with Crippen molar-refractivity contribution < 1.29 is 9.53 Å². The maximum Gasteiger partial charge on any atom is 0.410 e. The number of nitrogens with one attached hydrogen (secondary N) is 1. The molecule has 0 saturated carbocycles. The lowest BCUT2D eigenvalue weighted by Gasteiger charge is -2.34. The van der Waals surface area contributed by atoms with Crippen LogP contribution in [0.4, 0.5) is 4.79 Å². The molecule has 2 atom stereocenters. The van der Waals surface area contributed by atoms with E-state index in [1.807, 2.05) is 4.90 Å². The third-order valence-corrected chi connectivity index (χ3v) is 5.31. The van der Waals surface area contributed by atoms with Gasteiger partial charge in [-0.2, -0.15) is 0 Å². The second-order valence-corrected chi connectivity index (χ2v) is 7.25. The lowest BCUT2D eigenvalue weighted by molar-refractivity contribution is 0.0731. The molecule has 4 heteroatoms. The summed E-state index contributed by atoms with van der Waals surface area (Å²) < 4.78 is 5.49. The number of hydrogen-bond donors (Lipinski definition) is 1. The average molecular weight is 325 g/mol. The van der Waals surface area contributed by atoms with Crippen LogP contribution in [0.5, 0.6) is 0 Å². The summed E-state index contributed by atoms with van der Waals surface area (Å²) in [6.45, 7) is 4.73. The van der Waals surface area contributed by atoms with E-state index in [9.17, 15) is 4.79 Å². The Bertz CT molecular complexity index is 319. The van der Waals surface area contributed by atoms with Crippen LogP contribution in [0.2, 0.25) is 0 Å². The van der Waals surface area contributed by atoms with Crippen LogP contribution in [0.3, 0.4) is 0 Å². The van der Waals surface area contributed by atoms with E-state index in [-0.39, 0.29) is 6.09 Å². The molecule has 0 aliphatic carbocycles. The SMILES string of the molecule is CCCCCCCCCCCCOC(=O)N1C2CCC1CNC2. The first-order valence-electron chi connectivity index (χ1n) is 9.98. The summed E-state index contributed by atoms with van der Waals surface area (Å²) in [5.41, 5.74) is 0. The molecule has 2 fully saturated rings. The van der Waals surface area contributed by atoms with E-state index >= 15 is 0 Å². The van der Waals surface area contributed by atoms with Gasteiger partial charge in [0.1, 0.15) is 0 Å². The molecule has 0 radical (unpaired) electrons. The van der Waals surface area contributed by atoms with Crippen molar-refractivity contribution in [2.45, 2.75) is 96.1 Å². The molecule has 0 aromatic carbocycles. The van der Waals surface area contributed by atoms with Gasteiger partial charge in [0.15, 0.2) is 0 Å². The quantitative estimate of drug-likeness (QED) is 0.570. The first-order valence-corrected chi connectivity index (χ1v) is 9.98. The summed E-state index contributed by atoms with van der Waals surface area (Å²) in [4.78, 5) is 14.2. The van der Waals surface area contributed by atoms with Gasteiger partial charge in [0, 0.05) is 25.2 Å². The minimum absolute atomic E-state index is 0.0741. The van der Waals surface area contributed by atoms with Crippen LogP contribution in [0.1, 0.15) is 84.0 Å². The van der Waals surface area contributed by atoms with E-state index in [4.69, 9.17) is 4.74 Å². The second kappa shape index (κ2) is 10.9. The Morgan fingerprint density at radius 1 is 0.913 bits per heavy atom. The van der Waals surface area contributed by atoms with E-state index < -0.39 is 0 Å². The molecule has 23 heavy (non-hydrogen) atoms. The fraction of sp³-hybridized carbons (Fsp3) is 0.947. The summed E-state index contributed by atoms with van der Waals surface area (Å²) >= 11 is 0. The molecule has 2 heterocycles. The minimum Gasteiger partial charge on any atom is -0.449 e. The van der Waals surface area contributed by atoms with Crippen molar-refractivity contribution in [2.75, 3.05) is 19.7 Å². The molecule has 1 N–H and O–H groups in total. The average Bonchev–Trinajstić information content (AvgIpc) is 2.81. The molecule has 2 unspecified atom stereocenters. The first kappa shape index (κ1) is 18.6. The Morgan fingerprint density at radius 3 is 2.00 bits per heavy atom. The van der Waals surface area contributed by atoms with Crippen LogP contribution in [0.25, 0.3) is 0 Å². The Hall–Kier alpha value is -0.770. The maximum absolute atomic E-state index is 12.2. The van der Waals surface area contributed by atoms with E-state index in [0.29, 0.717) is 18.7 Å². The van der Waals surface area contributed by atoms with Gasteiger partial charge in [0.05, 0.1) is 6.61 Å². The van der Waals surface area contributed by atoms with E-state index in [1.54, 1.807) is 0 Å². The molecule has 0 spiro atoms. The maximum atomic E-state index is 12.2. The number of nitrogens with zero attached hydrogens (tertiary/aromatic N) is 1. The third-order valence-electron chi connectivity index (χ3n) is 5.31. The standard InChI is InChI=1S/C19H36N2O2/c1-2-3-4-5-6-7-8-9-10-11-14-23-19(22)21-17-12-13-18(21)16-20-15-17/h17-18,20H,2-16H2,1H3. The van der Waals surface area contributed by atoms with Crippen molar-refractivity contribution in [2.24, 2.45) is 0 Å². The molecule has 1 amide bonds. The highest BCUT2D eigenvalue weighted by Gasteiger charge is 2.40. The fourth-order valence-electron chi connectivity index (χ4n) is 3.90. The number of ether oxygens (including phenoxy) is 1. The van der Waals surface area contributed by atoms with Gasteiger partial charge < -0.3 is 10.1 Å². The number of fused-ring (bicyclic) bond motifs is 2. The summed E-state index contributed by atoms with van der Waals surface area (Å²) in [5.74, 6) is 0. The van der Waals surface area contributed by atoms with Gasteiger partial charge in [0.2, 0.25) is 0 Å². The highest BCUT2D eigenvalue weighted by atomic mass is 16.6. The number of unbranched alkanes of at least 4 members (excludes halogenated alkanes) is 9. The predicted octanol–water partition coefficient (Wildman–Crippen LogP) is 4.48. The van der Waals surface area contributed by atoms with Crippen LogP contribution >= 0.6 is 0 Å². The Morgan fingerprint density at radius 2 is 1.43 bits per heavy atom. The zero-order valence-corrected chi connectivity index (χ0v) is 15.0. The lowest BCUT2D eigenvalue weighted by Crippen LogP contribution is -2.54. The number of hydrogen-bond acceptors (Lipinski definition) is 3. The molecule has 2 aliphatic heterocycles. The van der Waals surface area contributed by atoms with Crippen molar-refractivity contribution >= 4 is 6.09 Å². The smallest absolute Gasteiger partial charge is 0.410 e. The zero-order chi connectivity index (χ0) is 16.3. The number of amides is 1. The first-order chi connectivity index (χ1) is 11.3. The normalized spacial score (nSPS) is 23.3. The zero-order valence-electron chi connectivity index (χ0n) is 15.0. The molecule has 0 aromatic rings. The summed E-state index contributed by atoms with van der Waals surface area (Å²) in [7, 11) is 0. The minimum atomic E-state index is -0.0741. The molecule has 2 saturated heterocycles. The van der Waals surface area contributed by atoms with Gasteiger partial charge in [-0.25, -0.2) is 4.79 Å². The van der Waals surface area contributed by atoms with Gasteiger partial charge in [-0.3, -0.25) is 4.90 Å². The lowest BCUT2D eigenvalue weighted by atomic mass is 10.1. The van der Waals surface area contributed by atoms with Crippen LogP contribution < -0.4 is 5.32 Å². The van der Waals surface area contributed by atoms with Crippen molar-refractivity contribution in [3.05, 3.63) is 0 Å². The van der Waals surface area contributed by atoms with E-state index in [1.165, 1.54) is 57.8 Å². The molecule has 4 nitrogen and oxygen atoms in total. The second-order valence-electron chi connectivity index (χ2n) is 7.25. The van der Waals surface area contributed by atoms with Crippen LogP contribution in [-0.2, 0) is 4.74 Å². The molecule has 0 aromatic heterocycles.